The zero-order chi connectivity index (χ0) is 15.6. The van der Waals surface area contributed by atoms with E-state index in [0.29, 0.717) is 22.7 Å². The molecule has 3 aromatic rings. The Kier molecular flexibility index (Phi) is 3.24. The second-order valence-electron chi connectivity index (χ2n) is 5.16. The summed E-state index contributed by atoms with van der Waals surface area (Å²) >= 11 is 0. The lowest BCUT2D eigenvalue weighted by atomic mass is 10.1. The molecule has 0 saturated heterocycles. The van der Waals surface area contributed by atoms with Crippen molar-refractivity contribution in [3.8, 4) is 17.2 Å². The van der Waals surface area contributed by atoms with Gasteiger partial charge in [0.1, 0.15) is 0 Å². The van der Waals surface area contributed by atoms with Crippen LogP contribution in [0.1, 0.15) is 10.4 Å². The second kappa shape index (κ2) is 5.53. The van der Waals surface area contributed by atoms with Crippen LogP contribution in [0, 0.1) is 0 Å². The molecule has 0 radical (unpaired) electrons. The molecule has 0 aliphatic carbocycles. The van der Waals surface area contributed by atoms with E-state index in [0.717, 1.165) is 5.69 Å². The Morgan fingerprint density at radius 1 is 0.957 bits per heavy atom. The summed E-state index contributed by atoms with van der Waals surface area (Å²) in [5, 5.41) is 2.88. The Balaban J connectivity index is 1.56. The number of anilines is 1. The standard InChI is InChI=1S/C18H14N2O3/c21-18(19-14-6-7-16-17(11-14)23-12-22-16)13-4-3-5-15(10-13)20-8-1-2-9-20/h1-11H,12H2,(H,19,21). The maximum Gasteiger partial charge on any atom is 0.255 e. The molecule has 0 bridgehead atoms. The van der Waals surface area contributed by atoms with Crippen molar-refractivity contribution in [3.05, 3.63) is 72.6 Å². The molecule has 4 rings (SSSR count). The number of rotatable bonds is 3. The van der Waals surface area contributed by atoms with E-state index in [2.05, 4.69) is 5.32 Å². The Labute approximate surface area is 133 Å². The van der Waals surface area contributed by atoms with Crippen LogP contribution in [0.5, 0.6) is 11.5 Å². The summed E-state index contributed by atoms with van der Waals surface area (Å²) in [5.74, 6) is 1.17. The van der Waals surface area contributed by atoms with Crippen molar-refractivity contribution in [1.29, 1.82) is 0 Å². The van der Waals surface area contributed by atoms with Crippen LogP contribution in [0.15, 0.2) is 67.0 Å². The smallest absolute Gasteiger partial charge is 0.255 e. The van der Waals surface area contributed by atoms with Crippen molar-refractivity contribution in [2.24, 2.45) is 0 Å². The Hall–Kier alpha value is -3.21. The molecule has 0 fully saturated rings. The number of carbonyl (C=O) groups excluding carboxylic acids is 1. The maximum absolute atomic E-state index is 12.4. The number of hydrogen-bond donors (Lipinski definition) is 1. The van der Waals surface area contributed by atoms with Crippen LogP contribution in [0.2, 0.25) is 0 Å². The molecule has 5 heteroatoms. The summed E-state index contributed by atoms with van der Waals surface area (Å²) in [6, 6.07) is 16.7. The number of benzene rings is 2. The van der Waals surface area contributed by atoms with Crippen molar-refractivity contribution in [3.63, 3.8) is 0 Å². The summed E-state index contributed by atoms with van der Waals surface area (Å²) < 4.78 is 12.5. The van der Waals surface area contributed by atoms with Gasteiger partial charge in [-0.2, -0.15) is 0 Å². The number of carbonyl (C=O) groups is 1. The SMILES string of the molecule is O=C(Nc1ccc2c(c1)OCO2)c1cccc(-n2cccc2)c1. The number of hydrogen-bond acceptors (Lipinski definition) is 3. The third-order valence-corrected chi connectivity index (χ3v) is 3.64. The molecule has 1 amide bonds. The highest BCUT2D eigenvalue weighted by atomic mass is 16.7. The number of fused-ring (bicyclic) bond motifs is 1. The quantitative estimate of drug-likeness (QED) is 0.806. The largest absolute Gasteiger partial charge is 0.454 e. The highest BCUT2D eigenvalue weighted by Gasteiger charge is 2.14. The monoisotopic (exact) mass is 306 g/mol. The first-order valence-electron chi connectivity index (χ1n) is 7.24. The van der Waals surface area contributed by atoms with Gasteiger partial charge in [0.2, 0.25) is 6.79 Å². The van der Waals surface area contributed by atoms with E-state index in [9.17, 15) is 4.79 Å². The molecule has 23 heavy (non-hydrogen) atoms. The molecule has 1 aliphatic heterocycles. The average molecular weight is 306 g/mol. The van der Waals surface area contributed by atoms with Gasteiger partial charge >= 0.3 is 0 Å². The predicted molar refractivity (Wildman–Crippen MR) is 86.3 cm³/mol. The van der Waals surface area contributed by atoms with Crippen LogP contribution in [-0.2, 0) is 0 Å². The first-order valence-corrected chi connectivity index (χ1v) is 7.24. The van der Waals surface area contributed by atoms with Crippen LogP contribution in [0.4, 0.5) is 5.69 Å². The van der Waals surface area contributed by atoms with Crippen molar-refractivity contribution in [1.82, 2.24) is 4.57 Å². The summed E-state index contributed by atoms with van der Waals surface area (Å²) in [4.78, 5) is 12.4. The fourth-order valence-electron chi connectivity index (χ4n) is 2.49. The van der Waals surface area contributed by atoms with Gasteiger partial charge in [0.05, 0.1) is 0 Å². The van der Waals surface area contributed by atoms with Crippen LogP contribution in [0.3, 0.4) is 0 Å². The summed E-state index contributed by atoms with van der Waals surface area (Å²) in [7, 11) is 0. The van der Waals surface area contributed by atoms with Gasteiger partial charge in [-0.3, -0.25) is 4.79 Å². The molecule has 0 unspecified atom stereocenters. The third kappa shape index (κ3) is 2.64. The summed E-state index contributed by atoms with van der Waals surface area (Å²) in [6.07, 6.45) is 3.88. The van der Waals surface area contributed by atoms with E-state index in [1.165, 1.54) is 0 Å². The number of nitrogens with one attached hydrogen (secondary N) is 1. The Bertz CT molecular complexity index is 856. The Morgan fingerprint density at radius 3 is 2.65 bits per heavy atom. The molecular formula is C18H14N2O3. The van der Waals surface area contributed by atoms with Crippen molar-refractivity contribution in [2.75, 3.05) is 12.1 Å². The second-order valence-corrected chi connectivity index (χ2v) is 5.16. The van der Waals surface area contributed by atoms with Gasteiger partial charge in [0, 0.05) is 35.4 Å². The summed E-state index contributed by atoms with van der Waals surface area (Å²) in [5.41, 5.74) is 2.20. The molecule has 2 heterocycles. The third-order valence-electron chi connectivity index (χ3n) is 3.64. The van der Waals surface area contributed by atoms with E-state index in [-0.39, 0.29) is 12.7 Å². The van der Waals surface area contributed by atoms with Gasteiger partial charge in [0.25, 0.3) is 5.91 Å². The minimum absolute atomic E-state index is 0.169. The van der Waals surface area contributed by atoms with Crippen molar-refractivity contribution < 1.29 is 14.3 Å². The molecule has 1 aliphatic rings. The van der Waals surface area contributed by atoms with E-state index < -0.39 is 0 Å². The van der Waals surface area contributed by atoms with Crippen molar-refractivity contribution >= 4 is 11.6 Å². The predicted octanol–water partition coefficient (Wildman–Crippen LogP) is 3.46. The van der Waals surface area contributed by atoms with E-state index in [1.807, 2.05) is 47.3 Å². The molecule has 5 nitrogen and oxygen atoms in total. The minimum atomic E-state index is -0.169. The molecule has 0 saturated carbocycles. The first kappa shape index (κ1) is 13.5. The molecule has 0 atom stereocenters. The fourth-order valence-corrected chi connectivity index (χ4v) is 2.49. The van der Waals surface area contributed by atoms with Crippen LogP contribution >= 0.6 is 0 Å². The topological polar surface area (TPSA) is 52.5 Å². The van der Waals surface area contributed by atoms with Gasteiger partial charge in [-0.25, -0.2) is 0 Å². The molecule has 1 aromatic heterocycles. The van der Waals surface area contributed by atoms with Gasteiger partial charge in [-0.05, 0) is 42.5 Å². The first-order chi connectivity index (χ1) is 11.3. The lowest BCUT2D eigenvalue weighted by Gasteiger charge is -2.08. The van der Waals surface area contributed by atoms with Gasteiger partial charge in [0.15, 0.2) is 11.5 Å². The van der Waals surface area contributed by atoms with Gasteiger partial charge in [-0.15, -0.1) is 0 Å². The lowest BCUT2D eigenvalue weighted by Crippen LogP contribution is -2.12. The molecule has 0 spiro atoms. The van der Waals surface area contributed by atoms with Gasteiger partial charge in [-0.1, -0.05) is 6.07 Å². The molecular weight excluding hydrogens is 292 g/mol. The molecule has 1 N–H and O–H groups in total. The van der Waals surface area contributed by atoms with Gasteiger partial charge < -0.3 is 19.4 Å². The fraction of sp³-hybridized carbons (Fsp3) is 0.0556. The van der Waals surface area contributed by atoms with Crippen LogP contribution in [0.25, 0.3) is 5.69 Å². The van der Waals surface area contributed by atoms with E-state index in [4.69, 9.17) is 9.47 Å². The molecule has 2 aromatic carbocycles. The van der Waals surface area contributed by atoms with Crippen LogP contribution in [-0.4, -0.2) is 17.3 Å². The van der Waals surface area contributed by atoms with E-state index in [1.54, 1.807) is 24.3 Å². The lowest BCUT2D eigenvalue weighted by molar-refractivity contribution is 0.102. The average Bonchev–Trinajstić information content (AvgIpc) is 3.26. The molecule has 114 valence electrons. The number of nitrogens with zero attached hydrogens (tertiary/aromatic N) is 1. The van der Waals surface area contributed by atoms with E-state index >= 15 is 0 Å². The number of aromatic nitrogens is 1. The zero-order valence-electron chi connectivity index (χ0n) is 12.2. The summed E-state index contributed by atoms with van der Waals surface area (Å²) in [6.45, 7) is 0.214. The minimum Gasteiger partial charge on any atom is -0.454 e. The Morgan fingerprint density at radius 2 is 1.78 bits per heavy atom. The highest BCUT2D eigenvalue weighted by molar-refractivity contribution is 6.04. The number of amides is 1. The highest BCUT2D eigenvalue weighted by Crippen LogP contribution is 2.34. The zero-order valence-corrected chi connectivity index (χ0v) is 12.2. The number of ether oxygens (including phenoxy) is 2. The van der Waals surface area contributed by atoms with Crippen LogP contribution < -0.4 is 14.8 Å². The normalized spacial score (nSPS) is 12.2. The maximum atomic E-state index is 12.4. The van der Waals surface area contributed by atoms with Crippen molar-refractivity contribution in [2.45, 2.75) is 0 Å².